The number of halogens is 2. The summed E-state index contributed by atoms with van der Waals surface area (Å²) in [5.74, 6) is -4.33. The van der Waals surface area contributed by atoms with Crippen LogP contribution in [0.5, 0.6) is 5.75 Å². The minimum atomic E-state index is -3.45. The normalized spacial score (nSPS) is 17.9. The summed E-state index contributed by atoms with van der Waals surface area (Å²) in [7, 11) is 2.72. The Balaban J connectivity index is 2.62. The lowest BCUT2D eigenvalue weighted by Crippen LogP contribution is -2.31. The van der Waals surface area contributed by atoms with E-state index in [9.17, 15) is 13.6 Å². The molecule has 1 amide bonds. The van der Waals surface area contributed by atoms with E-state index in [1.807, 2.05) is 0 Å². The maximum atomic E-state index is 13.5. The zero-order chi connectivity index (χ0) is 11.2. The van der Waals surface area contributed by atoms with Gasteiger partial charge in [0.25, 0.3) is 0 Å². The van der Waals surface area contributed by atoms with Crippen molar-refractivity contribution >= 4 is 11.6 Å². The third kappa shape index (κ3) is 1.19. The van der Waals surface area contributed by atoms with Gasteiger partial charge in [0, 0.05) is 7.05 Å². The molecule has 1 aliphatic heterocycles. The standard InChI is InChI=1S/C10H9F2NO2/c1-13-8-4-3-6(15-2)5-7(8)10(11,12)9(13)14/h3-5H,1-2H3. The van der Waals surface area contributed by atoms with E-state index in [1.54, 1.807) is 6.07 Å². The van der Waals surface area contributed by atoms with Crippen molar-refractivity contribution < 1.29 is 18.3 Å². The number of carbonyl (C=O) groups is 1. The van der Waals surface area contributed by atoms with Crippen LogP contribution >= 0.6 is 0 Å². The van der Waals surface area contributed by atoms with Crippen LogP contribution in [0.4, 0.5) is 14.5 Å². The Morgan fingerprint density at radius 2 is 2.07 bits per heavy atom. The summed E-state index contributed by atoms with van der Waals surface area (Å²) >= 11 is 0. The van der Waals surface area contributed by atoms with E-state index in [-0.39, 0.29) is 11.3 Å². The number of amides is 1. The van der Waals surface area contributed by atoms with E-state index in [0.29, 0.717) is 5.75 Å². The zero-order valence-corrected chi connectivity index (χ0v) is 8.25. The van der Waals surface area contributed by atoms with Crippen LogP contribution in [-0.4, -0.2) is 20.1 Å². The summed E-state index contributed by atoms with van der Waals surface area (Å²) in [6, 6.07) is 4.19. The Morgan fingerprint density at radius 3 is 2.67 bits per heavy atom. The number of carbonyl (C=O) groups excluding carboxylic acids is 1. The van der Waals surface area contributed by atoms with E-state index in [4.69, 9.17) is 4.74 Å². The van der Waals surface area contributed by atoms with E-state index in [1.165, 1.54) is 26.3 Å². The van der Waals surface area contributed by atoms with Gasteiger partial charge >= 0.3 is 11.8 Å². The molecule has 0 radical (unpaired) electrons. The molecule has 1 aliphatic rings. The fourth-order valence-electron chi connectivity index (χ4n) is 1.62. The van der Waals surface area contributed by atoms with Crippen molar-refractivity contribution in [1.29, 1.82) is 0 Å². The van der Waals surface area contributed by atoms with Gasteiger partial charge in [0.2, 0.25) is 0 Å². The second-order valence-electron chi connectivity index (χ2n) is 3.32. The van der Waals surface area contributed by atoms with Gasteiger partial charge in [0.05, 0.1) is 18.4 Å². The first-order chi connectivity index (χ1) is 6.98. The molecule has 0 fully saturated rings. The zero-order valence-electron chi connectivity index (χ0n) is 8.25. The topological polar surface area (TPSA) is 29.5 Å². The molecule has 0 bridgehead atoms. The van der Waals surface area contributed by atoms with Gasteiger partial charge in [0.1, 0.15) is 5.75 Å². The predicted molar refractivity (Wildman–Crippen MR) is 50.3 cm³/mol. The maximum Gasteiger partial charge on any atom is 0.352 e. The molecule has 2 rings (SSSR count). The van der Waals surface area contributed by atoms with Gasteiger partial charge in [0.15, 0.2) is 0 Å². The molecule has 1 heterocycles. The lowest BCUT2D eigenvalue weighted by molar-refractivity contribution is -0.141. The third-order valence-electron chi connectivity index (χ3n) is 2.48. The molecule has 0 saturated carbocycles. The molecule has 0 aromatic heterocycles. The van der Waals surface area contributed by atoms with Gasteiger partial charge in [-0.1, -0.05) is 0 Å². The maximum absolute atomic E-state index is 13.5. The van der Waals surface area contributed by atoms with Crippen LogP contribution in [0, 0.1) is 0 Å². The van der Waals surface area contributed by atoms with Crippen LogP contribution in [0.15, 0.2) is 18.2 Å². The molecule has 15 heavy (non-hydrogen) atoms. The van der Waals surface area contributed by atoms with Crippen LogP contribution in [0.2, 0.25) is 0 Å². The number of hydrogen-bond acceptors (Lipinski definition) is 2. The molecule has 0 N–H and O–H groups in total. The molecular formula is C10H9F2NO2. The Morgan fingerprint density at radius 1 is 1.40 bits per heavy atom. The molecule has 1 aromatic rings. The first kappa shape index (κ1) is 9.89. The highest BCUT2D eigenvalue weighted by atomic mass is 19.3. The number of alkyl halides is 2. The van der Waals surface area contributed by atoms with Crippen molar-refractivity contribution in [3.8, 4) is 5.75 Å². The minimum absolute atomic E-state index is 0.228. The number of hydrogen-bond donors (Lipinski definition) is 0. The molecule has 3 nitrogen and oxygen atoms in total. The van der Waals surface area contributed by atoms with Crippen LogP contribution in [0.25, 0.3) is 0 Å². The van der Waals surface area contributed by atoms with Crippen LogP contribution in [0.3, 0.4) is 0 Å². The molecule has 80 valence electrons. The number of methoxy groups -OCH3 is 1. The van der Waals surface area contributed by atoms with Gasteiger partial charge in [-0.3, -0.25) is 4.79 Å². The average molecular weight is 213 g/mol. The molecule has 0 spiro atoms. The fourth-order valence-corrected chi connectivity index (χ4v) is 1.62. The number of fused-ring (bicyclic) bond motifs is 1. The Kier molecular flexibility index (Phi) is 1.92. The largest absolute Gasteiger partial charge is 0.497 e. The highest BCUT2D eigenvalue weighted by molar-refractivity contribution is 6.05. The molecule has 0 atom stereocenters. The van der Waals surface area contributed by atoms with Crippen molar-refractivity contribution in [2.24, 2.45) is 0 Å². The highest BCUT2D eigenvalue weighted by Crippen LogP contribution is 2.44. The number of likely N-dealkylation sites (N-methyl/N-ethyl adjacent to an activating group) is 1. The first-order valence-electron chi connectivity index (χ1n) is 4.33. The molecular weight excluding hydrogens is 204 g/mol. The van der Waals surface area contributed by atoms with E-state index in [2.05, 4.69) is 0 Å². The van der Waals surface area contributed by atoms with Crippen molar-refractivity contribution in [2.45, 2.75) is 5.92 Å². The number of ether oxygens (including phenoxy) is 1. The molecule has 0 unspecified atom stereocenters. The summed E-state index contributed by atoms with van der Waals surface area (Å²) in [6.07, 6.45) is 0. The van der Waals surface area contributed by atoms with Gasteiger partial charge in [-0.05, 0) is 18.2 Å². The Labute approximate surface area is 85.3 Å². The number of benzene rings is 1. The van der Waals surface area contributed by atoms with Crippen LogP contribution in [-0.2, 0) is 10.7 Å². The van der Waals surface area contributed by atoms with Gasteiger partial charge in [-0.2, -0.15) is 8.78 Å². The summed E-state index contributed by atoms with van der Waals surface area (Å²) in [5, 5.41) is 0. The van der Waals surface area contributed by atoms with E-state index in [0.717, 1.165) is 4.90 Å². The van der Waals surface area contributed by atoms with Crippen LogP contribution < -0.4 is 9.64 Å². The van der Waals surface area contributed by atoms with E-state index < -0.39 is 11.8 Å². The smallest absolute Gasteiger partial charge is 0.352 e. The second kappa shape index (κ2) is 2.92. The van der Waals surface area contributed by atoms with Crippen molar-refractivity contribution in [2.75, 3.05) is 19.1 Å². The lowest BCUT2D eigenvalue weighted by atomic mass is 10.1. The summed E-state index contributed by atoms with van der Waals surface area (Å²) in [6.45, 7) is 0. The molecule has 0 aliphatic carbocycles. The molecule has 0 saturated heterocycles. The van der Waals surface area contributed by atoms with Crippen LogP contribution in [0.1, 0.15) is 5.56 Å². The number of nitrogens with zero attached hydrogens (tertiary/aromatic N) is 1. The summed E-state index contributed by atoms with van der Waals surface area (Å²) in [4.78, 5) is 12.2. The van der Waals surface area contributed by atoms with Crippen molar-refractivity contribution in [3.05, 3.63) is 23.8 Å². The van der Waals surface area contributed by atoms with Gasteiger partial charge in [-0.15, -0.1) is 0 Å². The Bertz CT molecular complexity index is 431. The summed E-state index contributed by atoms with van der Waals surface area (Å²) < 4.78 is 31.7. The van der Waals surface area contributed by atoms with Gasteiger partial charge in [-0.25, -0.2) is 0 Å². The van der Waals surface area contributed by atoms with Gasteiger partial charge < -0.3 is 9.64 Å². The van der Waals surface area contributed by atoms with Crippen molar-refractivity contribution in [1.82, 2.24) is 0 Å². The average Bonchev–Trinajstić information content (AvgIpc) is 2.40. The SMILES string of the molecule is COc1ccc2c(c1)C(F)(F)C(=O)N2C. The first-order valence-corrected chi connectivity index (χ1v) is 4.33. The van der Waals surface area contributed by atoms with Crippen molar-refractivity contribution in [3.63, 3.8) is 0 Å². The minimum Gasteiger partial charge on any atom is -0.497 e. The fraction of sp³-hybridized carbons (Fsp3) is 0.300. The number of anilines is 1. The third-order valence-corrected chi connectivity index (χ3v) is 2.48. The molecule has 5 heteroatoms. The molecule has 1 aromatic carbocycles. The lowest BCUT2D eigenvalue weighted by Gasteiger charge is -2.09. The Hall–Kier alpha value is -1.65. The monoisotopic (exact) mass is 213 g/mol. The van der Waals surface area contributed by atoms with E-state index >= 15 is 0 Å². The second-order valence-corrected chi connectivity index (χ2v) is 3.32. The quantitative estimate of drug-likeness (QED) is 0.711. The number of rotatable bonds is 1. The predicted octanol–water partition coefficient (Wildman–Crippen LogP) is 1.76. The highest BCUT2D eigenvalue weighted by Gasteiger charge is 2.51. The summed E-state index contributed by atoms with van der Waals surface area (Å²) in [5.41, 5.74) is -0.0693.